The standard InChI is InChI=1S/C9H5BrFNO2/c10-5-1-4-2-8(9(13)14)12-7(4)3-6(5)11/h1-3,12H,(H,13,14). The number of carboxylic acid groups (broad SMARTS) is 1. The fraction of sp³-hybridized carbons (Fsp3) is 0. The van der Waals surface area contributed by atoms with Crippen LogP contribution in [0.1, 0.15) is 10.5 Å². The van der Waals surface area contributed by atoms with Gasteiger partial charge in [-0.1, -0.05) is 0 Å². The van der Waals surface area contributed by atoms with Crippen LogP contribution in [0.15, 0.2) is 22.7 Å². The number of hydrogen-bond donors (Lipinski definition) is 2. The van der Waals surface area contributed by atoms with Gasteiger partial charge in [0, 0.05) is 10.9 Å². The molecule has 0 unspecified atom stereocenters. The Morgan fingerprint density at radius 3 is 2.79 bits per heavy atom. The molecule has 2 N–H and O–H groups in total. The molecule has 5 heteroatoms. The van der Waals surface area contributed by atoms with Crippen molar-refractivity contribution >= 4 is 32.8 Å². The van der Waals surface area contributed by atoms with E-state index in [1.54, 1.807) is 0 Å². The zero-order valence-electron chi connectivity index (χ0n) is 6.84. The molecule has 72 valence electrons. The van der Waals surface area contributed by atoms with Crippen molar-refractivity contribution in [1.29, 1.82) is 0 Å². The van der Waals surface area contributed by atoms with E-state index in [1.165, 1.54) is 18.2 Å². The number of aromatic carboxylic acids is 1. The highest BCUT2D eigenvalue weighted by atomic mass is 79.9. The zero-order valence-corrected chi connectivity index (χ0v) is 8.43. The first-order valence-electron chi connectivity index (χ1n) is 3.79. The van der Waals surface area contributed by atoms with E-state index in [0.717, 1.165) is 0 Å². The Bertz CT molecular complexity index is 482. The quantitative estimate of drug-likeness (QED) is 0.826. The van der Waals surface area contributed by atoms with E-state index < -0.39 is 11.8 Å². The second-order valence-electron chi connectivity index (χ2n) is 2.84. The number of aromatic nitrogens is 1. The molecule has 2 aromatic rings. The number of carbonyl (C=O) groups is 1. The van der Waals surface area contributed by atoms with Gasteiger partial charge in [0.05, 0.1) is 4.47 Å². The summed E-state index contributed by atoms with van der Waals surface area (Å²) in [6, 6.07) is 4.25. The van der Waals surface area contributed by atoms with Crippen molar-refractivity contribution in [2.75, 3.05) is 0 Å². The lowest BCUT2D eigenvalue weighted by Crippen LogP contribution is -1.94. The Balaban J connectivity index is 2.72. The minimum atomic E-state index is -1.06. The van der Waals surface area contributed by atoms with Crippen LogP contribution >= 0.6 is 15.9 Å². The van der Waals surface area contributed by atoms with Gasteiger partial charge >= 0.3 is 5.97 Å². The fourth-order valence-corrected chi connectivity index (χ4v) is 1.60. The highest BCUT2D eigenvalue weighted by molar-refractivity contribution is 9.10. The number of benzene rings is 1. The van der Waals surface area contributed by atoms with Crippen molar-refractivity contribution in [3.63, 3.8) is 0 Å². The van der Waals surface area contributed by atoms with Gasteiger partial charge in [0.25, 0.3) is 0 Å². The minimum Gasteiger partial charge on any atom is -0.477 e. The van der Waals surface area contributed by atoms with E-state index in [1.807, 2.05) is 0 Å². The van der Waals surface area contributed by atoms with Gasteiger partial charge < -0.3 is 10.1 Å². The third kappa shape index (κ3) is 1.39. The van der Waals surface area contributed by atoms with Gasteiger partial charge in [0.15, 0.2) is 0 Å². The van der Waals surface area contributed by atoms with Crippen molar-refractivity contribution in [3.05, 3.63) is 34.2 Å². The van der Waals surface area contributed by atoms with Crippen molar-refractivity contribution < 1.29 is 14.3 Å². The Kier molecular flexibility index (Phi) is 2.03. The average Bonchev–Trinajstić information content (AvgIpc) is 2.48. The maximum Gasteiger partial charge on any atom is 0.352 e. The predicted molar refractivity (Wildman–Crippen MR) is 52.9 cm³/mol. The number of aromatic amines is 1. The third-order valence-electron chi connectivity index (χ3n) is 1.89. The van der Waals surface area contributed by atoms with Crippen LogP contribution in [-0.4, -0.2) is 16.1 Å². The van der Waals surface area contributed by atoms with E-state index in [0.29, 0.717) is 15.4 Å². The predicted octanol–water partition coefficient (Wildman–Crippen LogP) is 2.77. The Morgan fingerprint density at radius 2 is 2.14 bits per heavy atom. The first-order valence-corrected chi connectivity index (χ1v) is 4.58. The van der Waals surface area contributed by atoms with Crippen molar-refractivity contribution in [3.8, 4) is 0 Å². The summed E-state index contributed by atoms with van der Waals surface area (Å²) in [5.41, 5.74) is 0.528. The summed E-state index contributed by atoms with van der Waals surface area (Å²) in [6.45, 7) is 0. The van der Waals surface area contributed by atoms with Gasteiger partial charge in [-0.15, -0.1) is 0 Å². The first-order chi connectivity index (χ1) is 6.58. The van der Waals surface area contributed by atoms with Crippen LogP contribution in [0.5, 0.6) is 0 Å². The second kappa shape index (κ2) is 3.09. The lowest BCUT2D eigenvalue weighted by molar-refractivity contribution is 0.0691. The second-order valence-corrected chi connectivity index (χ2v) is 3.70. The highest BCUT2D eigenvalue weighted by Gasteiger charge is 2.09. The Morgan fingerprint density at radius 1 is 1.43 bits per heavy atom. The van der Waals surface area contributed by atoms with Crippen molar-refractivity contribution in [1.82, 2.24) is 4.98 Å². The molecule has 1 aromatic carbocycles. The Hall–Kier alpha value is -1.36. The van der Waals surface area contributed by atoms with Gasteiger partial charge in [-0.3, -0.25) is 0 Å². The van der Waals surface area contributed by atoms with Crippen molar-refractivity contribution in [2.24, 2.45) is 0 Å². The molecule has 0 saturated carbocycles. The van der Waals surface area contributed by atoms with Gasteiger partial charge in [0.2, 0.25) is 0 Å². The topological polar surface area (TPSA) is 53.1 Å². The number of fused-ring (bicyclic) bond motifs is 1. The molecule has 0 amide bonds. The molecule has 14 heavy (non-hydrogen) atoms. The van der Waals surface area contributed by atoms with Crippen LogP contribution in [0.4, 0.5) is 4.39 Å². The largest absolute Gasteiger partial charge is 0.477 e. The third-order valence-corrected chi connectivity index (χ3v) is 2.50. The van der Waals surface area contributed by atoms with E-state index in [4.69, 9.17) is 5.11 Å². The number of hydrogen-bond acceptors (Lipinski definition) is 1. The number of nitrogens with one attached hydrogen (secondary N) is 1. The van der Waals surface area contributed by atoms with Crippen LogP contribution in [0.3, 0.4) is 0 Å². The van der Waals surface area contributed by atoms with Gasteiger partial charge in [0.1, 0.15) is 11.5 Å². The van der Waals surface area contributed by atoms with Gasteiger partial charge in [-0.2, -0.15) is 0 Å². The monoisotopic (exact) mass is 257 g/mol. The molecule has 0 aliphatic heterocycles. The van der Waals surface area contributed by atoms with Gasteiger partial charge in [-0.25, -0.2) is 9.18 Å². The summed E-state index contributed by atoms with van der Waals surface area (Å²) in [5, 5.41) is 9.35. The van der Waals surface area contributed by atoms with Crippen LogP contribution in [0, 0.1) is 5.82 Å². The zero-order chi connectivity index (χ0) is 10.3. The van der Waals surface area contributed by atoms with Crippen LogP contribution in [-0.2, 0) is 0 Å². The molecule has 0 aliphatic carbocycles. The molecule has 0 atom stereocenters. The van der Waals surface area contributed by atoms with Crippen LogP contribution in [0.25, 0.3) is 10.9 Å². The van der Waals surface area contributed by atoms with E-state index >= 15 is 0 Å². The Labute approximate surface area is 86.7 Å². The van der Waals surface area contributed by atoms with Crippen molar-refractivity contribution in [2.45, 2.75) is 0 Å². The molecule has 1 heterocycles. The molecule has 0 spiro atoms. The smallest absolute Gasteiger partial charge is 0.352 e. The number of halogens is 2. The summed E-state index contributed by atoms with van der Waals surface area (Å²) in [4.78, 5) is 13.2. The number of rotatable bonds is 1. The molecule has 0 saturated heterocycles. The lowest BCUT2D eigenvalue weighted by Gasteiger charge is -1.93. The van der Waals surface area contributed by atoms with Crippen LogP contribution in [0.2, 0.25) is 0 Å². The lowest BCUT2D eigenvalue weighted by atomic mass is 10.2. The summed E-state index contributed by atoms with van der Waals surface area (Å²) < 4.78 is 13.4. The van der Waals surface area contributed by atoms with Gasteiger partial charge in [-0.05, 0) is 34.1 Å². The molecule has 0 bridgehead atoms. The maximum atomic E-state index is 13.0. The summed E-state index contributed by atoms with van der Waals surface area (Å²) in [6.07, 6.45) is 0. The maximum absolute atomic E-state index is 13.0. The summed E-state index contributed by atoms with van der Waals surface area (Å²) in [5.74, 6) is -1.48. The normalized spacial score (nSPS) is 10.7. The van der Waals surface area contributed by atoms with E-state index in [2.05, 4.69) is 20.9 Å². The number of H-pyrrole nitrogens is 1. The molecule has 0 aliphatic rings. The highest BCUT2D eigenvalue weighted by Crippen LogP contribution is 2.23. The summed E-state index contributed by atoms with van der Waals surface area (Å²) in [7, 11) is 0. The molecule has 3 nitrogen and oxygen atoms in total. The molecular formula is C9H5BrFNO2. The SMILES string of the molecule is O=C(O)c1cc2cc(Br)c(F)cc2[nH]1. The molecule has 2 rings (SSSR count). The number of carboxylic acids is 1. The molecule has 1 aromatic heterocycles. The van der Waals surface area contributed by atoms with E-state index in [-0.39, 0.29) is 5.69 Å². The summed E-state index contributed by atoms with van der Waals surface area (Å²) >= 11 is 3.03. The van der Waals surface area contributed by atoms with Crippen LogP contribution < -0.4 is 0 Å². The fourth-order valence-electron chi connectivity index (χ4n) is 1.24. The minimum absolute atomic E-state index is 0.0532. The molecule has 0 fully saturated rings. The van der Waals surface area contributed by atoms with E-state index in [9.17, 15) is 9.18 Å². The molecular weight excluding hydrogens is 253 g/mol. The first kappa shape index (κ1) is 9.21. The molecule has 0 radical (unpaired) electrons. The average molecular weight is 258 g/mol.